The normalized spacial score (nSPS) is 10.9. The van der Waals surface area contributed by atoms with Crippen LogP contribution in [0.5, 0.6) is 0 Å². The molecule has 0 unspecified atom stereocenters. The molecule has 0 aliphatic carbocycles. The van der Waals surface area contributed by atoms with Crippen LogP contribution in [0.1, 0.15) is 5.69 Å². The number of benzene rings is 1. The Kier molecular flexibility index (Phi) is 1.40. The van der Waals surface area contributed by atoms with E-state index in [2.05, 4.69) is 4.98 Å². The van der Waals surface area contributed by atoms with Crippen LogP contribution < -0.4 is 0 Å². The minimum atomic E-state index is -0.815. The second-order valence-corrected chi connectivity index (χ2v) is 2.81. The Balaban J connectivity index is 2.83. The summed E-state index contributed by atoms with van der Waals surface area (Å²) in [5.41, 5.74) is 1.53. The first kappa shape index (κ1) is 7.28. The van der Waals surface area contributed by atoms with Crippen LogP contribution in [0, 0.1) is 18.6 Å². The number of aromatic amines is 1. The molecule has 0 fully saturated rings. The predicted octanol–water partition coefficient (Wildman–Crippen LogP) is 2.75. The van der Waals surface area contributed by atoms with Crippen molar-refractivity contribution >= 4 is 10.9 Å². The summed E-state index contributed by atoms with van der Waals surface area (Å²) in [5, 5.41) is 0.700. The van der Waals surface area contributed by atoms with Crippen LogP contribution in [0.25, 0.3) is 10.9 Å². The van der Waals surface area contributed by atoms with Gasteiger partial charge in [0.2, 0.25) is 0 Å². The molecule has 3 heteroatoms. The quantitative estimate of drug-likeness (QED) is 0.621. The predicted molar refractivity (Wildman–Crippen MR) is 43.0 cm³/mol. The highest BCUT2D eigenvalue weighted by Gasteiger charge is 2.04. The fraction of sp³-hybridized carbons (Fsp3) is 0.111. The standard InChI is InChI=1S/C9H7F2N/c1-5-2-6-3-7(10)8(11)4-9(6)12-5/h2-4,12H,1H3. The highest BCUT2D eigenvalue weighted by Crippen LogP contribution is 2.18. The molecule has 0 aliphatic rings. The highest BCUT2D eigenvalue weighted by molar-refractivity contribution is 5.80. The molecule has 1 nitrogen and oxygen atoms in total. The van der Waals surface area contributed by atoms with E-state index in [4.69, 9.17) is 0 Å². The van der Waals surface area contributed by atoms with Crippen molar-refractivity contribution < 1.29 is 8.78 Å². The number of hydrogen-bond donors (Lipinski definition) is 1. The molecule has 2 aromatic rings. The summed E-state index contributed by atoms with van der Waals surface area (Å²) < 4.78 is 25.3. The summed E-state index contributed by atoms with van der Waals surface area (Å²) in [4.78, 5) is 2.92. The molecule has 0 radical (unpaired) electrons. The Morgan fingerprint density at radius 1 is 1.08 bits per heavy atom. The molecule has 1 heterocycles. The van der Waals surface area contributed by atoms with Crippen LogP contribution in [0.2, 0.25) is 0 Å². The minimum Gasteiger partial charge on any atom is -0.359 e. The first-order valence-electron chi connectivity index (χ1n) is 3.61. The lowest BCUT2D eigenvalue weighted by Gasteiger charge is -1.91. The maximum Gasteiger partial charge on any atom is 0.160 e. The Morgan fingerprint density at radius 3 is 2.50 bits per heavy atom. The van der Waals surface area contributed by atoms with E-state index in [1.807, 2.05) is 6.92 Å². The van der Waals surface area contributed by atoms with Crippen molar-refractivity contribution in [3.8, 4) is 0 Å². The zero-order chi connectivity index (χ0) is 8.72. The molecule has 0 aliphatic heterocycles. The second-order valence-electron chi connectivity index (χ2n) is 2.81. The monoisotopic (exact) mass is 167 g/mol. The van der Waals surface area contributed by atoms with Gasteiger partial charge in [0.05, 0.1) is 0 Å². The van der Waals surface area contributed by atoms with Crippen LogP contribution in [-0.2, 0) is 0 Å². The molecule has 0 saturated heterocycles. The fourth-order valence-electron chi connectivity index (χ4n) is 1.27. The average Bonchev–Trinajstić information content (AvgIpc) is 2.30. The maximum atomic E-state index is 12.7. The van der Waals surface area contributed by atoms with Crippen molar-refractivity contribution in [1.29, 1.82) is 0 Å². The molecule has 0 atom stereocenters. The maximum absolute atomic E-state index is 12.7. The Hall–Kier alpha value is -1.38. The van der Waals surface area contributed by atoms with Crippen molar-refractivity contribution in [3.05, 3.63) is 35.5 Å². The van der Waals surface area contributed by atoms with Crippen LogP contribution in [-0.4, -0.2) is 4.98 Å². The summed E-state index contributed by atoms with van der Waals surface area (Å²) in [6.07, 6.45) is 0. The number of aromatic nitrogens is 1. The van der Waals surface area contributed by atoms with Gasteiger partial charge in [-0.2, -0.15) is 0 Å². The molecular weight excluding hydrogens is 160 g/mol. The van der Waals surface area contributed by atoms with Crippen molar-refractivity contribution in [2.75, 3.05) is 0 Å². The first-order chi connectivity index (χ1) is 5.66. The third-order valence-electron chi connectivity index (χ3n) is 1.80. The van der Waals surface area contributed by atoms with Gasteiger partial charge in [-0.25, -0.2) is 8.78 Å². The van der Waals surface area contributed by atoms with Gasteiger partial charge in [-0.05, 0) is 19.1 Å². The minimum absolute atomic E-state index is 0.631. The molecule has 0 saturated carbocycles. The van der Waals surface area contributed by atoms with E-state index in [-0.39, 0.29) is 0 Å². The van der Waals surface area contributed by atoms with Crippen LogP contribution in [0.15, 0.2) is 18.2 Å². The number of hydrogen-bond acceptors (Lipinski definition) is 0. The molecule has 1 aromatic carbocycles. The molecule has 2 rings (SSSR count). The summed E-state index contributed by atoms with van der Waals surface area (Å²) in [6, 6.07) is 4.13. The van der Waals surface area contributed by atoms with Gasteiger partial charge in [-0.1, -0.05) is 0 Å². The molecule has 0 spiro atoms. The average molecular weight is 167 g/mol. The summed E-state index contributed by atoms with van der Waals surface area (Å²) in [5.74, 6) is -1.62. The van der Waals surface area contributed by atoms with Gasteiger partial charge >= 0.3 is 0 Å². The highest BCUT2D eigenvalue weighted by atomic mass is 19.2. The van der Waals surface area contributed by atoms with Gasteiger partial charge in [0, 0.05) is 22.7 Å². The third kappa shape index (κ3) is 0.978. The zero-order valence-electron chi connectivity index (χ0n) is 6.49. The van der Waals surface area contributed by atoms with Crippen LogP contribution >= 0.6 is 0 Å². The van der Waals surface area contributed by atoms with E-state index in [1.54, 1.807) is 6.07 Å². The van der Waals surface area contributed by atoms with E-state index in [0.717, 1.165) is 11.8 Å². The lowest BCUT2D eigenvalue weighted by molar-refractivity contribution is 0.511. The van der Waals surface area contributed by atoms with Crippen molar-refractivity contribution in [2.45, 2.75) is 6.92 Å². The summed E-state index contributed by atoms with van der Waals surface area (Å²) in [7, 11) is 0. The van der Waals surface area contributed by atoms with E-state index >= 15 is 0 Å². The van der Waals surface area contributed by atoms with Crippen LogP contribution in [0.3, 0.4) is 0 Å². The second kappa shape index (κ2) is 2.30. The number of rotatable bonds is 0. The molecule has 0 bridgehead atoms. The van der Waals surface area contributed by atoms with Crippen molar-refractivity contribution in [3.63, 3.8) is 0 Å². The Morgan fingerprint density at radius 2 is 1.75 bits per heavy atom. The Bertz CT molecular complexity index is 392. The SMILES string of the molecule is Cc1cc2cc(F)c(F)cc2[nH]1. The third-order valence-corrected chi connectivity index (χ3v) is 1.80. The van der Waals surface area contributed by atoms with Gasteiger partial charge in [-0.15, -0.1) is 0 Å². The van der Waals surface area contributed by atoms with E-state index in [9.17, 15) is 8.78 Å². The number of fused-ring (bicyclic) bond motifs is 1. The first-order valence-corrected chi connectivity index (χ1v) is 3.61. The molecule has 0 amide bonds. The number of nitrogens with one attached hydrogen (secondary N) is 1. The smallest absolute Gasteiger partial charge is 0.160 e. The molecule has 62 valence electrons. The number of halogens is 2. The molecule has 12 heavy (non-hydrogen) atoms. The zero-order valence-corrected chi connectivity index (χ0v) is 6.49. The van der Waals surface area contributed by atoms with Gasteiger partial charge in [-0.3, -0.25) is 0 Å². The van der Waals surface area contributed by atoms with Gasteiger partial charge < -0.3 is 4.98 Å². The van der Waals surface area contributed by atoms with Gasteiger partial charge in [0.15, 0.2) is 11.6 Å². The van der Waals surface area contributed by atoms with E-state index in [1.165, 1.54) is 6.07 Å². The largest absolute Gasteiger partial charge is 0.359 e. The number of H-pyrrole nitrogens is 1. The topological polar surface area (TPSA) is 15.8 Å². The van der Waals surface area contributed by atoms with Crippen molar-refractivity contribution in [1.82, 2.24) is 4.98 Å². The van der Waals surface area contributed by atoms with E-state index < -0.39 is 11.6 Å². The summed E-state index contributed by atoms with van der Waals surface area (Å²) in [6.45, 7) is 1.84. The molecule has 1 aromatic heterocycles. The fourth-order valence-corrected chi connectivity index (χ4v) is 1.27. The molecular formula is C9H7F2N. The lowest BCUT2D eigenvalue weighted by Crippen LogP contribution is -1.81. The van der Waals surface area contributed by atoms with Crippen LogP contribution in [0.4, 0.5) is 8.78 Å². The van der Waals surface area contributed by atoms with Gasteiger partial charge in [0.1, 0.15) is 0 Å². The van der Waals surface area contributed by atoms with E-state index in [0.29, 0.717) is 10.9 Å². The van der Waals surface area contributed by atoms with Gasteiger partial charge in [0.25, 0.3) is 0 Å². The summed E-state index contributed by atoms with van der Waals surface area (Å²) >= 11 is 0. The number of aryl methyl sites for hydroxylation is 1. The molecule has 1 N–H and O–H groups in total. The Labute approximate surface area is 68.0 Å². The lowest BCUT2D eigenvalue weighted by atomic mass is 10.2. The van der Waals surface area contributed by atoms with Crippen molar-refractivity contribution in [2.24, 2.45) is 0 Å².